The van der Waals surface area contributed by atoms with Crippen LogP contribution in [0.4, 0.5) is 5.69 Å². The standard InChI is InChI=1S/C18H18N2O5S/c1-12-7-9-14(10-8-12)26(24,25)19-15-11-16(18(22)23)20(17(15)21)13-5-3-2-4-6-13/h2-10,15-16,19H,11H2,1H3,(H,22,23)/t15-,16-/m0/s1. The zero-order valence-corrected chi connectivity index (χ0v) is 14.8. The lowest BCUT2D eigenvalue weighted by Crippen LogP contribution is -2.42. The third-order valence-electron chi connectivity index (χ3n) is 4.25. The summed E-state index contributed by atoms with van der Waals surface area (Å²) < 4.78 is 27.4. The molecule has 0 unspecified atom stereocenters. The zero-order valence-electron chi connectivity index (χ0n) is 14.0. The molecule has 0 aromatic heterocycles. The van der Waals surface area contributed by atoms with Gasteiger partial charge in [0.05, 0.1) is 4.90 Å². The summed E-state index contributed by atoms with van der Waals surface area (Å²) >= 11 is 0. The summed E-state index contributed by atoms with van der Waals surface area (Å²) in [6, 6.07) is 12.3. The number of sulfonamides is 1. The molecule has 0 spiro atoms. The van der Waals surface area contributed by atoms with Gasteiger partial charge in [0.25, 0.3) is 0 Å². The summed E-state index contributed by atoms with van der Waals surface area (Å²) in [4.78, 5) is 25.5. The molecule has 2 atom stereocenters. The largest absolute Gasteiger partial charge is 0.480 e. The highest BCUT2D eigenvalue weighted by Gasteiger charge is 2.45. The normalized spacial score (nSPS) is 20.3. The van der Waals surface area contributed by atoms with E-state index in [9.17, 15) is 23.1 Å². The highest BCUT2D eigenvalue weighted by atomic mass is 32.2. The molecule has 0 radical (unpaired) electrons. The van der Waals surface area contributed by atoms with E-state index in [-0.39, 0.29) is 11.3 Å². The summed E-state index contributed by atoms with van der Waals surface area (Å²) in [7, 11) is -3.94. The van der Waals surface area contributed by atoms with Crippen LogP contribution >= 0.6 is 0 Å². The Labute approximate surface area is 151 Å². The van der Waals surface area contributed by atoms with Crippen molar-refractivity contribution < 1.29 is 23.1 Å². The molecule has 2 aromatic carbocycles. The van der Waals surface area contributed by atoms with Crippen LogP contribution in [0.25, 0.3) is 0 Å². The molecular formula is C18H18N2O5S. The van der Waals surface area contributed by atoms with E-state index < -0.39 is 34.0 Å². The highest BCUT2D eigenvalue weighted by molar-refractivity contribution is 7.89. The van der Waals surface area contributed by atoms with Gasteiger partial charge >= 0.3 is 5.97 Å². The molecule has 8 heteroatoms. The fourth-order valence-corrected chi connectivity index (χ4v) is 4.13. The molecule has 2 N–H and O–H groups in total. The van der Waals surface area contributed by atoms with Gasteiger partial charge in [-0.2, -0.15) is 4.72 Å². The molecule has 1 amide bonds. The molecule has 1 saturated heterocycles. The summed E-state index contributed by atoms with van der Waals surface area (Å²) in [6.07, 6.45) is -0.145. The van der Waals surface area contributed by atoms with Crippen molar-refractivity contribution >= 4 is 27.6 Å². The molecule has 0 bridgehead atoms. The summed E-state index contributed by atoms with van der Waals surface area (Å²) in [6.45, 7) is 1.83. The van der Waals surface area contributed by atoms with Gasteiger partial charge in [0, 0.05) is 12.1 Å². The van der Waals surface area contributed by atoms with Crippen LogP contribution in [0.1, 0.15) is 12.0 Å². The number of rotatable bonds is 5. The number of hydrogen-bond donors (Lipinski definition) is 2. The first-order valence-corrected chi connectivity index (χ1v) is 9.48. The van der Waals surface area contributed by atoms with Gasteiger partial charge in [-0.3, -0.25) is 9.69 Å². The van der Waals surface area contributed by atoms with Gasteiger partial charge in [-0.25, -0.2) is 13.2 Å². The lowest BCUT2D eigenvalue weighted by Gasteiger charge is -2.21. The Bertz CT molecular complexity index is 926. The highest BCUT2D eigenvalue weighted by Crippen LogP contribution is 2.28. The second-order valence-electron chi connectivity index (χ2n) is 6.12. The fraction of sp³-hybridized carbons (Fsp3) is 0.222. The van der Waals surface area contributed by atoms with Crippen LogP contribution in [-0.4, -0.2) is 37.5 Å². The van der Waals surface area contributed by atoms with Crippen molar-refractivity contribution in [2.75, 3.05) is 4.90 Å². The predicted octanol–water partition coefficient (Wildman–Crippen LogP) is 1.53. The topological polar surface area (TPSA) is 104 Å². The van der Waals surface area contributed by atoms with E-state index in [2.05, 4.69) is 4.72 Å². The quantitative estimate of drug-likeness (QED) is 0.826. The first-order valence-electron chi connectivity index (χ1n) is 7.99. The fourth-order valence-electron chi connectivity index (χ4n) is 2.93. The number of nitrogens with zero attached hydrogens (tertiary/aromatic N) is 1. The van der Waals surface area contributed by atoms with E-state index in [0.717, 1.165) is 10.5 Å². The number of nitrogens with one attached hydrogen (secondary N) is 1. The first-order chi connectivity index (χ1) is 12.3. The zero-order chi connectivity index (χ0) is 18.9. The summed E-state index contributed by atoms with van der Waals surface area (Å²) in [5.74, 6) is -1.77. The number of carboxylic acids is 1. The maximum absolute atomic E-state index is 12.7. The van der Waals surface area contributed by atoms with Gasteiger partial charge in [-0.15, -0.1) is 0 Å². The van der Waals surface area contributed by atoms with Gasteiger partial charge in [0.2, 0.25) is 15.9 Å². The van der Waals surface area contributed by atoms with Crippen LogP contribution in [0.15, 0.2) is 59.5 Å². The van der Waals surface area contributed by atoms with Crippen LogP contribution in [0.5, 0.6) is 0 Å². The van der Waals surface area contributed by atoms with E-state index in [0.29, 0.717) is 5.69 Å². The minimum atomic E-state index is -3.94. The lowest BCUT2D eigenvalue weighted by molar-refractivity contribution is -0.138. The van der Waals surface area contributed by atoms with E-state index in [1.54, 1.807) is 42.5 Å². The number of aryl methyl sites for hydroxylation is 1. The minimum Gasteiger partial charge on any atom is -0.480 e. The number of carbonyl (C=O) groups is 2. The second kappa shape index (κ2) is 6.89. The number of benzene rings is 2. The lowest BCUT2D eigenvalue weighted by atomic mass is 10.2. The summed E-state index contributed by atoms with van der Waals surface area (Å²) in [5.41, 5.74) is 1.32. The number of carbonyl (C=O) groups excluding carboxylic acids is 1. The molecular weight excluding hydrogens is 356 g/mol. The Hall–Kier alpha value is -2.71. The van der Waals surface area contributed by atoms with E-state index in [1.807, 2.05) is 6.92 Å². The minimum absolute atomic E-state index is 0.0286. The van der Waals surface area contributed by atoms with Crippen LogP contribution in [-0.2, 0) is 19.6 Å². The van der Waals surface area contributed by atoms with Crippen molar-refractivity contribution in [2.45, 2.75) is 30.3 Å². The number of carboxylic acid groups (broad SMARTS) is 1. The van der Waals surface area contributed by atoms with Crippen LogP contribution in [0.3, 0.4) is 0 Å². The van der Waals surface area contributed by atoms with Crippen molar-refractivity contribution in [3.05, 3.63) is 60.2 Å². The average molecular weight is 374 g/mol. The molecule has 0 saturated carbocycles. The van der Waals surface area contributed by atoms with Crippen molar-refractivity contribution in [3.63, 3.8) is 0 Å². The Kier molecular flexibility index (Phi) is 4.80. The molecule has 1 fully saturated rings. The average Bonchev–Trinajstić information content (AvgIpc) is 2.92. The van der Waals surface area contributed by atoms with E-state index in [1.165, 1.54) is 12.1 Å². The van der Waals surface area contributed by atoms with Gasteiger partial charge in [0.15, 0.2) is 0 Å². The van der Waals surface area contributed by atoms with Crippen molar-refractivity contribution in [1.82, 2.24) is 4.72 Å². The smallest absolute Gasteiger partial charge is 0.326 e. The Morgan fingerprint density at radius 2 is 1.73 bits per heavy atom. The number of aliphatic carboxylic acids is 1. The third kappa shape index (κ3) is 3.47. The van der Waals surface area contributed by atoms with Gasteiger partial charge in [0.1, 0.15) is 12.1 Å². The van der Waals surface area contributed by atoms with Gasteiger partial charge in [-0.05, 0) is 31.2 Å². The van der Waals surface area contributed by atoms with E-state index >= 15 is 0 Å². The van der Waals surface area contributed by atoms with Crippen molar-refractivity contribution in [1.29, 1.82) is 0 Å². The van der Waals surface area contributed by atoms with Crippen LogP contribution in [0, 0.1) is 6.92 Å². The number of hydrogen-bond acceptors (Lipinski definition) is 4. The number of para-hydroxylation sites is 1. The number of amides is 1. The number of anilines is 1. The van der Waals surface area contributed by atoms with Gasteiger partial charge in [-0.1, -0.05) is 35.9 Å². The maximum atomic E-state index is 12.7. The Balaban J connectivity index is 1.88. The first kappa shape index (κ1) is 18.1. The molecule has 7 nitrogen and oxygen atoms in total. The summed E-state index contributed by atoms with van der Waals surface area (Å²) in [5, 5.41) is 9.46. The molecule has 1 aliphatic rings. The molecule has 1 heterocycles. The molecule has 0 aliphatic carbocycles. The SMILES string of the molecule is Cc1ccc(S(=O)(=O)N[C@H]2C[C@@H](C(=O)O)N(c3ccccc3)C2=O)cc1. The van der Waals surface area contributed by atoms with Crippen LogP contribution < -0.4 is 9.62 Å². The predicted molar refractivity (Wildman–Crippen MR) is 95.3 cm³/mol. The molecule has 136 valence electrons. The van der Waals surface area contributed by atoms with Gasteiger partial charge < -0.3 is 5.11 Å². The Morgan fingerprint density at radius 1 is 1.12 bits per heavy atom. The second-order valence-corrected chi connectivity index (χ2v) is 7.83. The maximum Gasteiger partial charge on any atom is 0.326 e. The molecule has 1 aliphatic heterocycles. The third-order valence-corrected chi connectivity index (χ3v) is 5.74. The molecule has 26 heavy (non-hydrogen) atoms. The van der Waals surface area contributed by atoms with Crippen molar-refractivity contribution in [3.8, 4) is 0 Å². The van der Waals surface area contributed by atoms with E-state index in [4.69, 9.17) is 0 Å². The monoisotopic (exact) mass is 374 g/mol. The van der Waals surface area contributed by atoms with Crippen molar-refractivity contribution in [2.24, 2.45) is 0 Å². The van der Waals surface area contributed by atoms with Crippen LogP contribution in [0.2, 0.25) is 0 Å². The molecule has 2 aromatic rings. The Morgan fingerprint density at radius 3 is 2.31 bits per heavy atom. The molecule has 3 rings (SSSR count).